The molecule has 66 valence electrons. The van der Waals surface area contributed by atoms with Crippen LogP contribution in [0.15, 0.2) is 24.4 Å². The van der Waals surface area contributed by atoms with Gasteiger partial charge in [0.1, 0.15) is 5.69 Å². The van der Waals surface area contributed by atoms with Crippen LogP contribution in [0, 0.1) is 13.8 Å². The van der Waals surface area contributed by atoms with E-state index in [-0.39, 0.29) is 0 Å². The molecular weight excluding hydrogens is 162 g/mol. The molecule has 3 nitrogen and oxygen atoms in total. The molecule has 0 atom stereocenters. The largest absolute Gasteiger partial charge is 0.197 e. The normalized spacial score (nSPS) is 10.3. The van der Waals surface area contributed by atoms with E-state index in [1.165, 1.54) is 16.7 Å². The van der Waals surface area contributed by atoms with Crippen molar-refractivity contribution in [3.63, 3.8) is 0 Å². The average molecular weight is 173 g/mol. The third-order valence-electron chi connectivity index (χ3n) is 2.15. The van der Waals surface area contributed by atoms with Gasteiger partial charge in [-0.25, -0.2) is 0 Å². The Labute approximate surface area is 76.8 Å². The molecule has 0 saturated carbocycles. The van der Waals surface area contributed by atoms with Gasteiger partial charge < -0.3 is 0 Å². The molecule has 2 rings (SSSR count). The predicted molar refractivity (Wildman–Crippen MR) is 51.3 cm³/mol. The van der Waals surface area contributed by atoms with E-state index in [1.807, 2.05) is 6.07 Å². The van der Waals surface area contributed by atoms with Crippen molar-refractivity contribution in [3.8, 4) is 11.3 Å². The summed E-state index contributed by atoms with van der Waals surface area (Å²) in [5.74, 6) is 0. The van der Waals surface area contributed by atoms with Crippen molar-refractivity contribution < 1.29 is 0 Å². The highest BCUT2D eigenvalue weighted by molar-refractivity contribution is 5.66. The molecule has 0 aliphatic heterocycles. The summed E-state index contributed by atoms with van der Waals surface area (Å²) in [6.07, 6.45) is 1.75. The lowest BCUT2D eigenvalue weighted by Crippen LogP contribution is -1.87. The van der Waals surface area contributed by atoms with Crippen LogP contribution in [0.4, 0.5) is 0 Å². The lowest BCUT2D eigenvalue weighted by atomic mass is 10.0. The first kappa shape index (κ1) is 7.98. The van der Waals surface area contributed by atoms with E-state index >= 15 is 0 Å². The number of benzene rings is 1. The van der Waals surface area contributed by atoms with Gasteiger partial charge in [0.2, 0.25) is 0 Å². The van der Waals surface area contributed by atoms with E-state index in [4.69, 9.17) is 0 Å². The highest BCUT2D eigenvalue weighted by Gasteiger charge is 2.06. The fourth-order valence-electron chi connectivity index (χ4n) is 1.54. The third kappa shape index (κ3) is 1.33. The number of aryl methyl sites for hydroxylation is 2. The summed E-state index contributed by atoms with van der Waals surface area (Å²) < 4.78 is 0. The molecule has 0 bridgehead atoms. The van der Waals surface area contributed by atoms with Crippen LogP contribution in [0.5, 0.6) is 0 Å². The number of hydrogen-bond acceptors (Lipinski definition) is 2. The molecule has 0 aliphatic carbocycles. The van der Waals surface area contributed by atoms with Crippen molar-refractivity contribution in [3.05, 3.63) is 35.5 Å². The Hall–Kier alpha value is -1.64. The van der Waals surface area contributed by atoms with Crippen molar-refractivity contribution in [1.82, 2.24) is 15.4 Å². The molecule has 1 heterocycles. The molecule has 3 heteroatoms. The standard InChI is InChI=1S/C10H11N3/c1-7-4-3-5-8(2)10(7)9-6-11-13-12-9/h3-6H,1-2H3,(H,11,12,13). The Kier molecular flexibility index (Phi) is 1.85. The van der Waals surface area contributed by atoms with Gasteiger partial charge in [0.25, 0.3) is 0 Å². The number of nitrogens with one attached hydrogen (secondary N) is 1. The molecule has 13 heavy (non-hydrogen) atoms. The average Bonchev–Trinajstić information content (AvgIpc) is 2.57. The Morgan fingerprint density at radius 2 is 1.85 bits per heavy atom. The van der Waals surface area contributed by atoms with Crippen molar-refractivity contribution in [2.75, 3.05) is 0 Å². The predicted octanol–water partition coefficient (Wildman–Crippen LogP) is 2.09. The van der Waals surface area contributed by atoms with E-state index in [2.05, 4.69) is 41.4 Å². The minimum atomic E-state index is 0.913. The molecule has 0 unspecified atom stereocenters. The molecule has 0 spiro atoms. The second-order valence-corrected chi connectivity index (χ2v) is 3.12. The van der Waals surface area contributed by atoms with Crippen LogP contribution in [0.2, 0.25) is 0 Å². The molecule has 0 aliphatic rings. The minimum absolute atomic E-state index is 0.913. The maximum Gasteiger partial charge on any atom is 0.113 e. The van der Waals surface area contributed by atoms with Crippen LogP contribution in [0.25, 0.3) is 11.3 Å². The molecule has 0 fully saturated rings. The van der Waals surface area contributed by atoms with E-state index in [1.54, 1.807) is 6.20 Å². The molecule has 0 amide bonds. The van der Waals surface area contributed by atoms with E-state index in [9.17, 15) is 0 Å². The van der Waals surface area contributed by atoms with Gasteiger partial charge in [-0.05, 0) is 25.0 Å². The fourth-order valence-corrected chi connectivity index (χ4v) is 1.54. The van der Waals surface area contributed by atoms with Gasteiger partial charge in [-0.1, -0.05) is 18.2 Å². The Morgan fingerprint density at radius 3 is 2.38 bits per heavy atom. The zero-order valence-electron chi connectivity index (χ0n) is 7.70. The van der Waals surface area contributed by atoms with Crippen LogP contribution in [0.3, 0.4) is 0 Å². The Bertz CT molecular complexity index is 384. The van der Waals surface area contributed by atoms with Crippen molar-refractivity contribution in [2.45, 2.75) is 13.8 Å². The van der Waals surface area contributed by atoms with E-state index < -0.39 is 0 Å². The van der Waals surface area contributed by atoms with Crippen LogP contribution in [-0.2, 0) is 0 Å². The highest BCUT2D eigenvalue weighted by atomic mass is 15.3. The van der Waals surface area contributed by atoms with E-state index in [0.717, 1.165) is 5.69 Å². The maximum absolute atomic E-state index is 4.07. The van der Waals surface area contributed by atoms with Crippen molar-refractivity contribution >= 4 is 0 Å². The summed E-state index contributed by atoms with van der Waals surface area (Å²) in [6.45, 7) is 4.16. The number of aromatic nitrogens is 3. The molecular formula is C10H11N3. The van der Waals surface area contributed by atoms with Crippen LogP contribution in [0.1, 0.15) is 11.1 Å². The summed E-state index contributed by atoms with van der Waals surface area (Å²) in [7, 11) is 0. The number of nitrogens with zero attached hydrogens (tertiary/aromatic N) is 2. The van der Waals surface area contributed by atoms with Crippen molar-refractivity contribution in [2.24, 2.45) is 0 Å². The lowest BCUT2D eigenvalue weighted by Gasteiger charge is -2.04. The second-order valence-electron chi connectivity index (χ2n) is 3.12. The molecule has 0 radical (unpaired) electrons. The van der Waals surface area contributed by atoms with Crippen molar-refractivity contribution in [1.29, 1.82) is 0 Å². The number of aromatic amines is 1. The van der Waals surface area contributed by atoms with Gasteiger partial charge in [0.05, 0.1) is 6.20 Å². The number of hydrogen-bond donors (Lipinski definition) is 1. The molecule has 2 aromatic rings. The molecule has 1 aromatic heterocycles. The van der Waals surface area contributed by atoms with Gasteiger partial charge in [-0.2, -0.15) is 15.4 Å². The van der Waals surface area contributed by atoms with Gasteiger partial charge >= 0.3 is 0 Å². The third-order valence-corrected chi connectivity index (χ3v) is 2.15. The smallest absolute Gasteiger partial charge is 0.113 e. The second kappa shape index (κ2) is 3.01. The molecule has 1 aromatic carbocycles. The van der Waals surface area contributed by atoms with Gasteiger partial charge in [0, 0.05) is 5.56 Å². The zero-order chi connectivity index (χ0) is 9.26. The Morgan fingerprint density at radius 1 is 1.15 bits per heavy atom. The maximum atomic E-state index is 4.07. The SMILES string of the molecule is Cc1cccc(C)c1-c1cn[nH]n1. The monoisotopic (exact) mass is 173 g/mol. The zero-order valence-corrected chi connectivity index (χ0v) is 7.70. The lowest BCUT2D eigenvalue weighted by molar-refractivity contribution is 0.941. The number of H-pyrrole nitrogens is 1. The summed E-state index contributed by atoms with van der Waals surface area (Å²) in [4.78, 5) is 0. The summed E-state index contributed by atoms with van der Waals surface area (Å²) in [6, 6.07) is 6.21. The Balaban J connectivity index is 2.64. The van der Waals surface area contributed by atoms with Gasteiger partial charge in [0.15, 0.2) is 0 Å². The van der Waals surface area contributed by atoms with Crippen LogP contribution >= 0.6 is 0 Å². The fraction of sp³-hybridized carbons (Fsp3) is 0.200. The van der Waals surface area contributed by atoms with E-state index in [0.29, 0.717) is 0 Å². The van der Waals surface area contributed by atoms with Crippen LogP contribution in [-0.4, -0.2) is 15.4 Å². The minimum Gasteiger partial charge on any atom is -0.197 e. The summed E-state index contributed by atoms with van der Waals surface area (Å²) >= 11 is 0. The number of rotatable bonds is 1. The van der Waals surface area contributed by atoms with Crippen LogP contribution < -0.4 is 0 Å². The first-order valence-corrected chi connectivity index (χ1v) is 4.21. The first-order valence-electron chi connectivity index (χ1n) is 4.21. The summed E-state index contributed by atoms with van der Waals surface area (Å²) in [5, 5.41) is 10.5. The first-order chi connectivity index (χ1) is 6.29. The highest BCUT2D eigenvalue weighted by Crippen LogP contribution is 2.23. The molecule has 1 N–H and O–H groups in total. The topological polar surface area (TPSA) is 41.6 Å². The molecule has 0 saturated heterocycles. The quantitative estimate of drug-likeness (QED) is 0.717. The summed E-state index contributed by atoms with van der Waals surface area (Å²) in [5.41, 5.74) is 4.55. The van der Waals surface area contributed by atoms with Gasteiger partial charge in [-0.3, -0.25) is 0 Å². The van der Waals surface area contributed by atoms with Gasteiger partial charge in [-0.15, -0.1) is 0 Å².